The third-order valence-corrected chi connectivity index (χ3v) is 4.09. The minimum atomic E-state index is 0.208. The minimum absolute atomic E-state index is 0.208. The van der Waals surface area contributed by atoms with Gasteiger partial charge >= 0.3 is 0 Å². The number of rotatable bonds is 3. The van der Waals surface area contributed by atoms with E-state index in [-0.39, 0.29) is 5.41 Å². The molecule has 1 atom stereocenters. The maximum Gasteiger partial charge on any atom is 0.182 e. The Balaban J connectivity index is 2.33. The van der Waals surface area contributed by atoms with Crippen molar-refractivity contribution >= 4 is 21.6 Å². The van der Waals surface area contributed by atoms with Crippen LogP contribution >= 0.6 is 15.9 Å². The number of hydrogen-bond donors (Lipinski definition) is 1. The molecule has 0 fully saturated rings. The van der Waals surface area contributed by atoms with E-state index in [2.05, 4.69) is 59.2 Å². The predicted molar refractivity (Wildman–Crippen MR) is 84.0 cm³/mol. The van der Waals surface area contributed by atoms with Gasteiger partial charge in [0.05, 0.1) is 0 Å². The second-order valence-corrected chi connectivity index (χ2v) is 7.14. The van der Waals surface area contributed by atoms with E-state index in [0.29, 0.717) is 11.6 Å². The zero-order valence-corrected chi connectivity index (χ0v) is 13.8. The largest absolute Gasteiger partial charge is 0.399 e. The number of nitrogens with two attached hydrogens (primary N) is 1. The molecule has 1 aromatic heterocycles. The van der Waals surface area contributed by atoms with Gasteiger partial charge in [0.1, 0.15) is 0 Å². The summed E-state index contributed by atoms with van der Waals surface area (Å²) in [5.74, 6) is 1.20. The number of aromatic nitrogens is 4. The van der Waals surface area contributed by atoms with Crippen LogP contribution in [0.5, 0.6) is 0 Å². The monoisotopic (exact) mass is 337 g/mol. The first-order chi connectivity index (χ1) is 9.27. The Labute approximate surface area is 127 Å². The number of tetrazole rings is 1. The summed E-state index contributed by atoms with van der Waals surface area (Å²) in [5, 5.41) is 12.0. The summed E-state index contributed by atoms with van der Waals surface area (Å²) in [6, 6.07) is 5.71. The van der Waals surface area contributed by atoms with Crippen molar-refractivity contribution in [3.8, 4) is 11.4 Å². The van der Waals surface area contributed by atoms with E-state index in [9.17, 15) is 0 Å². The van der Waals surface area contributed by atoms with Crippen LogP contribution in [0.15, 0.2) is 22.7 Å². The summed E-state index contributed by atoms with van der Waals surface area (Å²) in [5.41, 5.74) is 7.69. The van der Waals surface area contributed by atoms with Gasteiger partial charge in [-0.05, 0) is 40.0 Å². The summed E-state index contributed by atoms with van der Waals surface area (Å²) in [6.07, 6.45) is 0. The van der Waals surface area contributed by atoms with E-state index in [1.165, 1.54) is 0 Å². The zero-order chi connectivity index (χ0) is 14.9. The Kier molecular flexibility index (Phi) is 4.13. The molecule has 1 aromatic carbocycles. The van der Waals surface area contributed by atoms with Gasteiger partial charge in [0, 0.05) is 22.3 Å². The van der Waals surface area contributed by atoms with Gasteiger partial charge in [-0.25, -0.2) is 4.68 Å². The third kappa shape index (κ3) is 3.36. The summed E-state index contributed by atoms with van der Waals surface area (Å²) in [6.45, 7) is 9.65. The van der Waals surface area contributed by atoms with Crippen LogP contribution in [0.3, 0.4) is 0 Å². The summed E-state index contributed by atoms with van der Waals surface area (Å²) >= 11 is 3.45. The standard InChI is InChI=1S/C14H20BrN5/c1-9(14(2,3)4)8-20-13(17-18-19-20)10-5-11(15)7-12(16)6-10/h5-7,9H,8,16H2,1-4H3. The highest BCUT2D eigenvalue weighted by atomic mass is 79.9. The first-order valence-electron chi connectivity index (χ1n) is 6.60. The topological polar surface area (TPSA) is 69.6 Å². The second-order valence-electron chi connectivity index (χ2n) is 6.22. The van der Waals surface area contributed by atoms with Crippen molar-refractivity contribution in [3.63, 3.8) is 0 Å². The molecule has 0 saturated carbocycles. The first-order valence-corrected chi connectivity index (χ1v) is 7.39. The zero-order valence-electron chi connectivity index (χ0n) is 12.3. The maximum absolute atomic E-state index is 5.88. The molecule has 0 spiro atoms. The van der Waals surface area contributed by atoms with Crippen molar-refractivity contribution in [2.45, 2.75) is 34.2 Å². The van der Waals surface area contributed by atoms with Crippen molar-refractivity contribution in [1.29, 1.82) is 0 Å². The van der Waals surface area contributed by atoms with Crippen LogP contribution in [-0.2, 0) is 6.54 Å². The third-order valence-electron chi connectivity index (χ3n) is 3.64. The Hall–Kier alpha value is -1.43. The molecule has 0 radical (unpaired) electrons. The molecular formula is C14H20BrN5. The Morgan fingerprint density at radius 1 is 1.30 bits per heavy atom. The lowest BCUT2D eigenvalue weighted by Crippen LogP contribution is -2.23. The highest BCUT2D eigenvalue weighted by Gasteiger charge is 2.22. The van der Waals surface area contributed by atoms with E-state index >= 15 is 0 Å². The van der Waals surface area contributed by atoms with Gasteiger partial charge in [-0.2, -0.15) is 0 Å². The SMILES string of the molecule is CC(Cn1nnnc1-c1cc(N)cc(Br)c1)C(C)(C)C. The van der Waals surface area contributed by atoms with Gasteiger partial charge in [0.25, 0.3) is 0 Å². The molecule has 2 aromatic rings. The lowest BCUT2D eigenvalue weighted by molar-refractivity contribution is 0.225. The van der Waals surface area contributed by atoms with E-state index < -0.39 is 0 Å². The van der Waals surface area contributed by atoms with Gasteiger partial charge in [-0.1, -0.05) is 43.6 Å². The average Bonchev–Trinajstić information content (AvgIpc) is 2.74. The molecule has 5 nitrogen and oxygen atoms in total. The molecule has 1 unspecified atom stereocenters. The molecule has 0 bridgehead atoms. The van der Waals surface area contributed by atoms with Crippen LogP contribution in [-0.4, -0.2) is 20.2 Å². The first kappa shape index (κ1) is 15.0. The fourth-order valence-electron chi connectivity index (χ4n) is 1.81. The Morgan fingerprint density at radius 3 is 2.60 bits per heavy atom. The molecule has 0 aliphatic rings. The van der Waals surface area contributed by atoms with Crippen LogP contribution in [0.2, 0.25) is 0 Å². The molecule has 2 rings (SSSR count). The molecule has 108 valence electrons. The highest BCUT2D eigenvalue weighted by molar-refractivity contribution is 9.10. The molecule has 0 aliphatic carbocycles. The molecule has 0 saturated heterocycles. The smallest absolute Gasteiger partial charge is 0.182 e. The fraction of sp³-hybridized carbons (Fsp3) is 0.500. The van der Waals surface area contributed by atoms with Crippen LogP contribution in [0, 0.1) is 11.3 Å². The normalized spacial score (nSPS) is 13.4. The molecule has 6 heteroatoms. The lowest BCUT2D eigenvalue weighted by atomic mass is 9.82. The molecule has 0 aliphatic heterocycles. The van der Waals surface area contributed by atoms with Crippen LogP contribution < -0.4 is 5.73 Å². The summed E-state index contributed by atoms with van der Waals surface area (Å²) < 4.78 is 2.77. The van der Waals surface area contributed by atoms with Crippen molar-refractivity contribution in [2.75, 3.05) is 5.73 Å². The Bertz CT molecular complexity index is 580. The number of nitrogens with zero attached hydrogens (tertiary/aromatic N) is 4. The molecule has 2 N–H and O–H groups in total. The van der Waals surface area contributed by atoms with Crippen LogP contribution in [0.1, 0.15) is 27.7 Å². The predicted octanol–water partition coefficient (Wildman–Crippen LogP) is 3.37. The Morgan fingerprint density at radius 2 is 2.00 bits per heavy atom. The minimum Gasteiger partial charge on any atom is -0.399 e. The number of benzene rings is 1. The van der Waals surface area contributed by atoms with Gasteiger partial charge in [0.2, 0.25) is 0 Å². The number of halogens is 1. The number of hydrogen-bond acceptors (Lipinski definition) is 4. The second kappa shape index (κ2) is 5.52. The average molecular weight is 338 g/mol. The van der Waals surface area contributed by atoms with Crippen molar-refractivity contribution in [1.82, 2.24) is 20.2 Å². The maximum atomic E-state index is 5.88. The van der Waals surface area contributed by atoms with Crippen molar-refractivity contribution in [3.05, 3.63) is 22.7 Å². The highest BCUT2D eigenvalue weighted by Crippen LogP contribution is 2.29. The van der Waals surface area contributed by atoms with E-state index in [1.807, 2.05) is 22.9 Å². The molecule has 20 heavy (non-hydrogen) atoms. The molecule has 0 amide bonds. The number of nitrogen functional groups attached to an aromatic ring is 1. The van der Waals surface area contributed by atoms with Gasteiger partial charge in [-0.3, -0.25) is 0 Å². The van der Waals surface area contributed by atoms with Crippen molar-refractivity contribution < 1.29 is 0 Å². The van der Waals surface area contributed by atoms with Crippen molar-refractivity contribution in [2.24, 2.45) is 11.3 Å². The van der Waals surface area contributed by atoms with E-state index in [1.54, 1.807) is 0 Å². The van der Waals surface area contributed by atoms with Gasteiger partial charge in [0.15, 0.2) is 5.82 Å². The van der Waals surface area contributed by atoms with E-state index in [4.69, 9.17) is 5.73 Å². The molecule has 1 heterocycles. The summed E-state index contributed by atoms with van der Waals surface area (Å²) in [7, 11) is 0. The molecular weight excluding hydrogens is 318 g/mol. The van der Waals surface area contributed by atoms with Gasteiger partial charge < -0.3 is 5.73 Å². The van der Waals surface area contributed by atoms with Gasteiger partial charge in [-0.15, -0.1) is 5.10 Å². The quantitative estimate of drug-likeness (QED) is 0.871. The number of anilines is 1. The fourth-order valence-corrected chi connectivity index (χ4v) is 2.32. The van der Waals surface area contributed by atoms with Crippen LogP contribution in [0.25, 0.3) is 11.4 Å². The lowest BCUT2D eigenvalue weighted by Gasteiger charge is -2.27. The van der Waals surface area contributed by atoms with Crippen LogP contribution in [0.4, 0.5) is 5.69 Å². The van der Waals surface area contributed by atoms with E-state index in [0.717, 1.165) is 22.4 Å². The summed E-state index contributed by atoms with van der Waals surface area (Å²) in [4.78, 5) is 0.